The third-order valence-electron chi connectivity index (χ3n) is 8.49. The van der Waals surface area contributed by atoms with Crippen molar-refractivity contribution in [2.45, 2.75) is 56.4 Å². The van der Waals surface area contributed by atoms with Crippen molar-refractivity contribution in [3.05, 3.63) is 124 Å². The predicted octanol–water partition coefficient (Wildman–Crippen LogP) is 8.79. The molecule has 1 atom stereocenters. The highest BCUT2D eigenvalue weighted by molar-refractivity contribution is 8.00. The van der Waals surface area contributed by atoms with E-state index >= 15 is 0 Å². The molecular formula is C41H39N3O8S2. The first-order valence-electron chi connectivity index (χ1n) is 17.3. The lowest BCUT2D eigenvalue weighted by Crippen LogP contribution is -2.39. The van der Waals surface area contributed by atoms with Crippen molar-refractivity contribution in [3.63, 3.8) is 0 Å². The fraction of sp³-hybridized carbons (Fsp3) is 0.244. The summed E-state index contributed by atoms with van der Waals surface area (Å²) in [5, 5.41) is 16.2. The van der Waals surface area contributed by atoms with Gasteiger partial charge in [0.25, 0.3) is 5.91 Å². The highest BCUT2D eigenvalue weighted by Gasteiger charge is 2.34. The van der Waals surface area contributed by atoms with Crippen molar-refractivity contribution in [1.82, 2.24) is 4.90 Å². The fourth-order valence-corrected chi connectivity index (χ4v) is 8.50. The summed E-state index contributed by atoms with van der Waals surface area (Å²) < 4.78 is 11.0. The Morgan fingerprint density at radius 2 is 1.61 bits per heavy atom. The van der Waals surface area contributed by atoms with Crippen molar-refractivity contribution >= 4 is 74.4 Å². The van der Waals surface area contributed by atoms with E-state index in [1.165, 1.54) is 29.2 Å². The van der Waals surface area contributed by atoms with Gasteiger partial charge >= 0.3 is 18.0 Å². The van der Waals surface area contributed by atoms with Crippen LogP contribution in [0.5, 0.6) is 0 Å². The van der Waals surface area contributed by atoms with E-state index in [0.29, 0.717) is 44.9 Å². The molecule has 0 fully saturated rings. The van der Waals surface area contributed by atoms with Gasteiger partial charge in [0.05, 0.1) is 24.3 Å². The van der Waals surface area contributed by atoms with Crippen LogP contribution in [0.15, 0.2) is 95.9 Å². The fourth-order valence-electron chi connectivity index (χ4n) is 6.16. The molecule has 13 heteroatoms. The highest BCUT2D eigenvalue weighted by Crippen LogP contribution is 2.41. The number of anilines is 2. The summed E-state index contributed by atoms with van der Waals surface area (Å²) in [5.74, 6) is -2.55. The molecule has 1 aromatic heterocycles. The van der Waals surface area contributed by atoms with Gasteiger partial charge < -0.3 is 30.1 Å². The molecule has 278 valence electrons. The van der Waals surface area contributed by atoms with Gasteiger partial charge in [0.2, 0.25) is 5.91 Å². The standard InChI is InChI=1S/C41H39N3O8S2/c1-5-51-39(49)33-28-20-21-44(40(50)52-41(2,3)4)23-31(28)54-37(33)43-36(46)34(25-12-7-6-8-13-25)53-27-17-11-16-26(22-27)42-35(45)29-18-9-14-24-15-10-19-30(32(24)29)38(47)48/h6-19,22,34H,5,20-21,23H2,1-4H3,(H,42,45)(H,43,46)(H,47,48). The SMILES string of the molecule is CCOC(=O)c1c(NC(=O)C(Sc2cccc(NC(=O)c3cccc4cccc(C(=O)O)c34)c2)c2ccccc2)sc2c1CCN(C(=O)OC(C)(C)C)C2. The number of thiophene rings is 1. The number of carboxylic acid groups (broad SMARTS) is 1. The lowest BCUT2D eigenvalue weighted by molar-refractivity contribution is -0.115. The van der Waals surface area contributed by atoms with Crippen molar-refractivity contribution in [2.75, 3.05) is 23.8 Å². The summed E-state index contributed by atoms with van der Waals surface area (Å²) in [4.78, 5) is 69.1. The van der Waals surface area contributed by atoms with Gasteiger partial charge in [-0.05, 0) is 81.0 Å². The summed E-state index contributed by atoms with van der Waals surface area (Å²) in [6, 6.07) is 26.1. The minimum absolute atomic E-state index is 0.0253. The first-order valence-corrected chi connectivity index (χ1v) is 19.0. The second-order valence-corrected chi connectivity index (χ2v) is 15.8. The highest BCUT2D eigenvalue weighted by atomic mass is 32.2. The minimum atomic E-state index is -1.13. The Morgan fingerprint density at radius 3 is 2.30 bits per heavy atom. The Kier molecular flexibility index (Phi) is 11.4. The zero-order chi connectivity index (χ0) is 38.6. The van der Waals surface area contributed by atoms with E-state index < -0.39 is 34.8 Å². The Morgan fingerprint density at radius 1 is 0.907 bits per heavy atom. The van der Waals surface area contributed by atoms with Crippen LogP contribution < -0.4 is 10.6 Å². The molecule has 4 aromatic carbocycles. The van der Waals surface area contributed by atoms with Crippen LogP contribution in [0.1, 0.15) is 80.0 Å². The average molecular weight is 766 g/mol. The number of hydrogen-bond donors (Lipinski definition) is 3. The molecule has 0 saturated carbocycles. The third-order valence-corrected chi connectivity index (χ3v) is 10.9. The molecule has 3 amide bonds. The number of carbonyl (C=O) groups is 5. The van der Waals surface area contributed by atoms with Crippen LogP contribution in [0.4, 0.5) is 15.5 Å². The molecule has 54 heavy (non-hydrogen) atoms. The second kappa shape index (κ2) is 16.1. The molecule has 0 radical (unpaired) electrons. The molecule has 1 unspecified atom stereocenters. The number of hydrogen-bond acceptors (Lipinski definition) is 9. The molecule has 2 heterocycles. The van der Waals surface area contributed by atoms with Crippen LogP contribution in [-0.4, -0.2) is 58.6 Å². The topological polar surface area (TPSA) is 151 Å². The normalized spacial score (nSPS) is 13.1. The zero-order valence-corrected chi connectivity index (χ0v) is 31.8. The first kappa shape index (κ1) is 38.1. The van der Waals surface area contributed by atoms with Gasteiger partial charge in [-0.3, -0.25) is 9.59 Å². The predicted molar refractivity (Wildman–Crippen MR) is 210 cm³/mol. The van der Waals surface area contributed by atoms with E-state index in [9.17, 15) is 29.1 Å². The number of carboxylic acids is 1. The molecule has 0 aliphatic carbocycles. The van der Waals surface area contributed by atoms with Crippen molar-refractivity contribution < 1.29 is 38.6 Å². The lowest BCUT2D eigenvalue weighted by atomic mass is 9.98. The number of benzene rings is 4. The summed E-state index contributed by atoms with van der Waals surface area (Å²) in [5.41, 5.74) is 1.76. The Labute approximate surface area is 320 Å². The van der Waals surface area contributed by atoms with Crippen LogP contribution in [-0.2, 0) is 27.2 Å². The van der Waals surface area contributed by atoms with E-state index in [0.717, 1.165) is 10.4 Å². The smallest absolute Gasteiger partial charge is 0.410 e. The van der Waals surface area contributed by atoms with Crippen LogP contribution in [0.3, 0.4) is 0 Å². The van der Waals surface area contributed by atoms with Crippen molar-refractivity contribution in [3.8, 4) is 0 Å². The molecule has 0 saturated heterocycles. The maximum absolute atomic E-state index is 14.3. The largest absolute Gasteiger partial charge is 0.478 e. The van der Waals surface area contributed by atoms with Gasteiger partial charge in [0.15, 0.2) is 0 Å². The first-order chi connectivity index (χ1) is 25.8. The van der Waals surface area contributed by atoms with Gasteiger partial charge in [0.1, 0.15) is 15.9 Å². The number of esters is 1. The van der Waals surface area contributed by atoms with E-state index in [1.807, 2.05) is 36.4 Å². The van der Waals surface area contributed by atoms with Crippen molar-refractivity contribution in [2.24, 2.45) is 0 Å². The molecule has 5 aromatic rings. The van der Waals surface area contributed by atoms with Gasteiger partial charge in [-0.1, -0.05) is 60.7 Å². The monoisotopic (exact) mass is 765 g/mol. The van der Waals surface area contributed by atoms with Gasteiger partial charge in [0, 0.05) is 33.0 Å². The Bertz CT molecular complexity index is 2240. The molecule has 0 spiro atoms. The number of nitrogens with one attached hydrogen (secondary N) is 2. The molecular weight excluding hydrogens is 727 g/mol. The van der Waals surface area contributed by atoms with E-state index in [4.69, 9.17) is 9.47 Å². The summed E-state index contributed by atoms with van der Waals surface area (Å²) >= 11 is 2.50. The number of fused-ring (bicyclic) bond motifs is 2. The van der Waals surface area contributed by atoms with E-state index in [1.54, 1.807) is 81.1 Å². The maximum atomic E-state index is 14.3. The minimum Gasteiger partial charge on any atom is -0.478 e. The quantitative estimate of drug-likeness (QED) is 0.0936. The van der Waals surface area contributed by atoms with Gasteiger partial charge in [-0.2, -0.15) is 0 Å². The lowest BCUT2D eigenvalue weighted by Gasteiger charge is -2.30. The Balaban J connectivity index is 1.27. The zero-order valence-electron chi connectivity index (χ0n) is 30.1. The molecule has 1 aliphatic rings. The second-order valence-electron chi connectivity index (χ2n) is 13.5. The van der Waals surface area contributed by atoms with Gasteiger partial charge in [-0.15, -0.1) is 23.1 Å². The molecule has 11 nitrogen and oxygen atoms in total. The van der Waals surface area contributed by atoms with Crippen LogP contribution >= 0.6 is 23.1 Å². The van der Waals surface area contributed by atoms with Gasteiger partial charge in [-0.25, -0.2) is 14.4 Å². The number of thioether (sulfide) groups is 1. The molecule has 3 N–H and O–H groups in total. The number of aromatic carboxylic acids is 1. The number of rotatable bonds is 10. The van der Waals surface area contributed by atoms with Crippen LogP contribution in [0.2, 0.25) is 0 Å². The molecule has 0 bridgehead atoms. The number of ether oxygens (including phenoxy) is 2. The number of amides is 3. The number of nitrogens with zero attached hydrogens (tertiary/aromatic N) is 1. The summed E-state index contributed by atoms with van der Waals surface area (Å²) in [6.45, 7) is 7.84. The molecule has 1 aliphatic heterocycles. The third kappa shape index (κ3) is 8.58. The van der Waals surface area contributed by atoms with Crippen molar-refractivity contribution in [1.29, 1.82) is 0 Å². The maximum Gasteiger partial charge on any atom is 0.410 e. The summed E-state index contributed by atoms with van der Waals surface area (Å²) in [6.07, 6.45) is -0.0631. The van der Waals surface area contributed by atoms with Crippen LogP contribution in [0.25, 0.3) is 10.8 Å². The van der Waals surface area contributed by atoms with E-state index in [2.05, 4.69) is 10.6 Å². The Hall–Kier alpha value is -5.66. The molecule has 6 rings (SSSR count). The average Bonchev–Trinajstić information content (AvgIpc) is 3.50. The van der Waals surface area contributed by atoms with Crippen LogP contribution in [0, 0.1) is 0 Å². The van der Waals surface area contributed by atoms with E-state index in [-0.39, 0.29) is 35.7 Å². The summed E-state index contributed by atoms with van der Waals surface area (Å²) in [7, 11) is 0. The number of carbonyl (C=O) groups excluding carboxylic acids is 4.